The molecule has 1 aliphatic heterocycles. The molecule has 1 amide bonds. The smallest absolute Gasteiger partial charge is 0.263 e. The van der Waals surface area contributed by atoms with E-state index in [0.29, 0.717) is 22.8 Å². The third-order valence-electron chi connectivity index (χ3n) is 5.30. The van der Waals surface area contributed by atoms with Crippen LogP contribution >= 0.6 is 11.6 Å². The van der Waals surface area contributed by atoms with Gasteiger partial charge in [0.1, 0.15) is 11.6 Å². The van der Waals surface area contributed by atoms with Crippen molar-refractivity contribution in [2.24, 2.45) is 0 Å². The Morgan fingerprint density at radius 3 is 2.47 bits per heavy atom. The van der Waals surface area contributed by atoms with E-state index in [1.54, 1.807) is 37.3 Å². The van der Waals surface area contributed by atoms with Crippen LogP contribution in [0, 0.1) is 19.7 Å². The van der Waals surface area contributed by atoms with Gasteiger partial charge >= 0.3 is 0 Å². The standard InChI is InChI=1S/C22H25ClFNO4S/c1-14-10-19(11-15(2)21(14)23)29-16(3)22(26)25(18-8-9-30(27,28)13-18)12-17-6-4-5-7-20(17)24/h4-7,10-11,16,18H,8-9,12-13H2,1-3H3/t16-,18-/m1/s1. The van der Waals surface area contributed by atoms with Crippen molar-refractivity contribution in [3.8, 4) is 5.75 Å². The summed E-state index contributed by atoms with van der Waals surface area (Å²) < 4.78 is 44.1. The monoisotopic (exact) mass is 453 g/mol. The third kappa shape index (κ3) is 5.13. The Bertz CT molecular complexity index is 1030. The van der Waals surface area contributed by atoms with Crippen molar-refractivity contribution < 1.29 is 22.3 Å². The number of rotatable bonds is 6. The molecule has 8 heteroatoms. The van der Waals surface area contributed by atoms with E-state index in [2.05, 4.69) is 0 Å². The minimum Gasteiger partial charge on any atom is -0.481 e. The molecule has 0 bridgehead atoms. The summed E-state index contributed by atoms with van der Waals surface area (Å²) in [6, 6.07) is 9.16. The highest BCUT2D eigenvalue weighted by Gasteiger charge is 2.37. The predicted molar refractivity (Wildman–Crippen MR) is 115 cm³/mol. The van der Waals surface area contributed by atoms with Crippen molar-refractivity contribution in [3.63, 3.8) is 0 Å². The molecule has 1 fully saturated rings. The van der Waals surface area contributed by atoms with Crippen LogP contribution in [-0.4, -0.2) is 42.9 Å². The van der Waals surface area contributed by atoms with Gasteiger partial charge in [0.15, 0.2) is 15.9 Å². The van der Waals surface area contributed by atoms with Crippen LogP contribution in [-0.2, 0) is 21.2 Å². The molecule has 2 atom stereocenters. The van der Waals surface area contributed by atoms with E-state index < -0.39 is 27.8 Å². The number of halogens is 2. The maximum Gasteiger partial charge on any atom is 0.263 e. The highest BCUT2D eigenvalue weighted by atomic mass is 35.5. The van der Waals surface area contributed by atoms with Gasteiger partial charge in [0.2, 0.25) is 0 Å². The largest absolute Gasteiger partial charge is 0.481 e. The molecule has 2 aromatic rings. The van der Waals surface area contributed by atoms with Gasteiger partial charge < -0.3 is 9.64 Å². The second-order valence-corrected chi connectivity index (χ2v) is 10.4. The molecule has 0 aliphatic carbocycles. The first-order valence-corrected chi connectivity index (χ1v) is 11.9. The van der Waals surface area contributed by atoms with Crippen LogP contribution in [0.2, 0.25) is 5.02 Å². The first-order chi connectivity index (χ1) is 14.1. The lowest BCUT2D eigenvalue weighted by atomic mass is 10.1. The molecule has 2 aromatic carbocycles. The predicted octanol–water partition coefficient (Wildman–Crippen LogP) is 4.08. The SMILES string of the molecule is Cc1cc(O[C@H](C)C(=O)N(Cc2ccccc2F)[C@@H]2CCS(=O)(=O)C2)cc(C)c1Cl. The summed E-state index contributed by atoms with van der Waals surface area (Å²) in [5, 5.41) is 0.638. The fourth-order valence-electron chi connectivity index (χ4n) is 3.68. The summed E-state index contributed by atoms with van der Waals surface area (Å²) in [5.41, 5.74) is 1.99. The van der Waals surface area contributed by atoms with Crippen molar-refractivity contribution in [2.75, 3.05) is 11.5 Å². The fourth-order valence-corrected chi connectivity index (χ4v) is 5.52. The van der Waals surface area contributed by atoms with E-state index in [4.69, 9.17) is 16.3 Å². The molecule has 3 rings (SSSR count). The van der Waals surface area contributed by atoms with E-state index in [0.717, 1.165) is 11.1 Å². The first kappa shape index (κ1) is 22.6. The second kappa shape index (κ2) is 8.94. The molecule has 1 saturated heterocycles. The summed E-state index contributed by atoms with van der Waals surface area (Å²) in [5.74, 6) is -0.429. The van der Waals surface area contributed by atoms with Crippen LogP contribution in [0.25, 0.3) is 0 Å². The van der Waals surface area contributed by atoms with Crippen LogP contribution in [0.1, 0.15) is 30.0 Å². The average Bonchev–Trinajstić information content (AvgIpc) is 3.04. The van der Waals surface area contributed by atoms with Gasteiger partial charge in [0, 0.05) is 23.2 Å². The molecule has 0 saturated carbocycles. The van der Waals surface area contributed by atoms with Gasteiger partial charge in [-0.25, -0.2) is 12.8 Å². The number of hydrogen-bond donors (Lipinski definition) is 0. The minimum absolute atomic E-state index is 0.0158. The quantitative estimate of drug-likeness (QED) is 0.661. The van der Waals surface area contributed by atoms with E-state index in [-0.39, 0.29) is 24.0 Å². The van der Waals surface area contributed by atoms with Gasteiger partial charge in [-0.2, -0.15) is 0 Å². The van der Waals surface area contributed by atoms with Crippen LogP contribution in [0.15, 0.2) is 36.4 Å². The van der Waals surface area contributed by atoms with Crippen molar-refractivity contribution in [3.05, 3.63) is 63.9 Å². The molecular formula is C22H25ClFNO4S. The summed E-state index contributed by atoms with van der Waals surface area (Å²) in [7, 11) is -3.22. The number of benzene rings is 2. The van der Waals surface area contributed by atoms with Crippen LogP contribution in [0.3, 0.4) is 0 Å². The van der Waals surface area contributed by atoms with Crippen LogP contribution in [0.5, 0.6) is 5.75 Å². The number of nitrogens with zero attached hydrogens (tertiary/aromatic N) is 1. The summed E-state index contributed by atoms with van der Waals surface area (Å²) in [4.78, 5) is 14.7. The molecule has 1 aliphatic rings. The van der Waals surface area contributed by atoms with Crippen molar-refractivity contribution in [2.45, 2.75) is 45.9 Å². The van der Waals surface area contributed by atoms with Gasteiger partial charge in [0.05, 0.1) is 11.5 Å². The van der Waals surface area contributed by atoms with Crippen LogP contribution in [0.4, 0.5) is 4.39 Å². The van der Waals surface area contributed by atoms with E-state index in [1.807, 2.05) is 13.8 Å². The zero-order chi connectivity index (χ0) is 22.1. The lowest BCUT2D eigenvalue weighted by Crippen LogP contribution is -2.46. The molecule has 0 spiro atoms. The topological polar surface area (TPSA) is 63.7 Å². The van der Waals surface area contributed by atoms with E-state index >= 15 is 0 Å². The molecule has 1 heterocycles. The Balaban J connectivity index is 1.84. The van der Waals surface area contributed by atoms with Gasteiger partial charge in [-0.1, -0.05) is 29.8 Å². The minimum atomic E-state index is -3.22. The Morgan fingerprint density at radius 2 is 1.90 bits per heavy atom. The summed E-state index contributed by atoms with van der Waals surface area (Å²) in [6.45, 7) is 5.29. The number of ether oxygens (including phenoxy) is 1. The number of sulfone groups is 1. The Kier molecular flexibility index (Phi) is 6.72. The number of carbonyl (C=O) groups is 1. The maximum atomic E-state index is 14.2. The van der Waals surface area contributed by atoms with Gasteiger partial charge in [-0.15, -0.1) is 0 Å². The molecule has 162 valence electrons. The molecule has 5 nitrogen and oxygen atoms in total. The summed E-state index contributed by atoms with van der Waals surface area (Å²) in [6.07, 6.45) is -0.547. The first-order valence-electron chi connectivity index (χ1n) is 9.75. The highest BCUT2D eigenvalue weighted by Crippen LogP contribution is 2.28. The fraction of sp³-hybridized carbons (Fsp3) is 0.409. The molecule has 0 radical (unpaired) electrons. The molecule has 0 unspecified atom stereocenters. The molecule has 0 aromatic heterocycles. The van der Waals surface area contributed by atoms with Crippen molar-refractivity contribution >= 4 is 27.3 Å². The number of hydrogen-bond acceptors (Lipinski definition) is 4. The molecule has 30 heavy (non-hydrogen) atoms. The number of carbonyl (C=O) groups excluding carboxylic acids is 1. The Labute approximate surface area is 181 Å². The zero-order valence-electron chi connectivity index (χ0n) is 17.2. The molecule has 0 N–H and O–H groups in total. The van der Waals surface area contributed by atoms with Crippen molar-refractivity contribution in [1.29, 1.82) is 0 Å². The molecular weight excluding hydrogens is 429 g/mol. The van der Waals surface area contributed by atoms with E-state index in [9.17, 15) is 17.6 Å². The Morgan fingerprint density at radius 1 is 1.27 bits per heavy atom. The van der Waals surface area contributed by atoms with Crippen molar-refractivity contribution in [1.82, 2.24) is 4.90 Å². The number of aryl methyl sites for hydroxylation is 2. The lowest BCUT2D eigenvalue weighted by Gasteiger charge is -2.31. The van der Waals surface area contributed by atoms with E-state index in [1.165, 1.54) is 11.0 Å². The maximum absolute atomic E-state index is 14.2. The third-order valence-corrected chi connectivity index (χ3v) is 7.65. The second-order valence-electron chi connectivity index (χ2n) is 7.75. The average molecular weight is 454 g/mol. The number of amides is 1. The van der Waals surface area contributed by atoms with Gasteiger partial charge in [-0.05, 0) is 56.5 Å². The zero-order valence-corrected chi connectivity index (χ0v) is 18.8. The van der Waals surface area contributed by atoms with Gasteiger partial charge in [-0.3, -0.25) is 4.79 Å². The van der Waals surface area contributed by atoms with Crippen LogP contribution < -0.4 is 4.74 Å². The normalized spacial score (nSPS) is 18.8. The lowest BCUT2D eigenvalue weighted by molar-refractivity contribution is -0.140. The highest BCUT2D eigenvalue weighted by molar-refractivity contribution is 7.91. The van der Waals surface area contributed by atoms with Gasteiger partial charge in [0.25, 0.3) is 5.91 Å². The summed E-state index contributed by atoms with van der Waals surface area (Å²) >= 11 is 6.19. The Hall–Kier alpha value is -2.12.